The Morgan fingerprint density at radius 3 is 2.50 bits per heavy atom. The molecule has 2 heteroatoms. The molecule has 2 aromatic rings. The molecule has 80 valence electrons. The van der Waals surface area contributed by atoms with Crippen molar-refractivity contribution in [2.24, 2.45) is 4.99 Å². The van der Waals surface area contributed by atoms with Gasteiger partial charge in [-0.25, -0.2) is 4.39 Å². The van der Waals surface area contributed by atoms with E-state index >= 15 is 0 Å². The molecule has 0 radical (unpaired) electrons. The predicted octanol–water partition coefficient (Wildman–Crippen LogP) is 3.88. The van der Waals surface area contributed by atoms with E-state index in [9.17, 15) is 4.39 Å². The lowest BCUT2D eigenvalue weighted by Gasteiger charge is -1.98. The molecular weight excluding hydrogens is 201 g/mol. The number of aryl methyl sites for hydroxylation is 1. The predicted molar refractivity (Wildman–Crippen MR) is 64.8 cm³/mol. The van der Waals surface area contributed by atoms with Gasteiger partial charge in [-0.3, -0.25) is 4.99 Å². The van der Waals surface area contributed by atoms with E-state index in [4.69, 9.17) is 0 Å². The molecule has 0 aliphatic carbocycles. The molecule has 0 spiro atoms. The Hall–Kier alpha value is -1.96. The zero-order valence-electron chi connectivity index (χ0n) is 9.02. The molecule has 0 fully saturated rings. The Morgan fingerprint density at radius 1 is 1.06 bits per heavy atom. The summed E-state index contributed by atoms with van der Waals surface area (Å²) in [5.41, 5.74) is 2.24. The van der Waals surface area contributed by atoms with E-state index in [2.05, 4.69) is 4.99 Å². The van der Waals surface area contributed by atoms with E-state index in [0.29, 0.717) is 5.56 Å². The highest BCUT2D eigenvalue weighted by Gasteiger charge is 1.98. The molecule has 1 nitrogen and oxygen atoms in total. The van der Waals surface area contributed by atoms with Crippen LogP contribution in [0.25, 0.3) is 0 Å². The first-order chi connectivity index (χ1) is 7.75. The van der Waals surface area contributed by atoms with Crippen molar-refractivity contribution < 1.29 is 4.39 Å². The molecule has 0 heterocycles. The minimum atomic E-state index is -0.236. The second-order valence-electron chi connectivity index (χ2n) is 3.62. The maximum absolute atomic E-state index is 13.5. The van der Waals surface area contributed by atoms with Gasteiger partial charge in [0.25, 0.3) is 0 Å². The van der Waals surface area contributed by atoms with Crippen LogP contribution in [0.4, 0.5) is 10.1 Å². The van der Waals surface area contributed by atoms with E-state index in [1.807, 2.05) is 43.3 Å². The van der Waals surface area contributed by atoms with Gasteiger partial charge in [0.05, 0.1) is 5.69 Å². The summed E-state index contributed by atoms with van der Waals surface area (Å²) in [6.45, 7) is 1.86. The normalized spacial score (nSPS) is 10.9. The third-order valence-corrected chi connectivity index (χ3v) is 2.26. The van der Waals surface area contributed by atoms with Crippen LogP contribution in [0.3, 0.4) is 0 Å². The van der Waals surface area contributed by atoms with Crippen molar-refractivity contribution in [1.82, 2.24) is 0 Å². The summed E-state index contributed by atoms with van der Waals surface area (Å²) in [6.07, 6.45) is 1.55. The second-order valence-corrected chi connectivity index (χ2v) is 3.62. The Labute approximate surface area is 94.3 Å². The second kappa shape index (κ2) is 4.71. The number of halogens is 1. The van der Waals surface area contributed by atoms with Gasteiger partial charge in [0, 0.05) is 11.8 Å². The van der Waals surface area contributed by atoms with E-state index < -0.39 is 0 Å². The SMILES string of the molecule is Cc1ccc(/C=N/c2ccccc2)c(F)c1. The number of nitrogens with zero attached hydrogens (tertiary/aromatic N) is 1. The van der Waals surface area contributed by atoms with Crippen molar-refractivity contribution in [3.8, 4) is 0 Å². The molecule has 0 aliphatic heterocycles. The van der Waals surface area contributed by atoms with Gasteiger partial charge in [-0.05, 0) is 30.7 Å². The third kappa shape index (κ3) is 2.54. The van der Waals surface area contributed by atoms with Gasteiger partial charge in [-0.15, -0.1) is 0 Å². The Bertz CT molecular complexity index is 503. The fourth-order valence-electron chi connectivity index (χ4n) is 1.40. The number of aliphatic imine (C=N–C) groups is 1. The number of hydrogen-bond donors (Lipinski definition) is 0. The maximum atomic E-state index is 13.5. The molecule has 0 amide bonds. The smallest absolute Gasteiger partial charge is 0.132 e. The first-order valence-electron chi connectivity index (χ1n) is 5.11. The van der Waals surface area contributed by atoms with Crippen molar-refractivity contribution in [3.63, 3.8) is 0 Å². The van der Waals surface area contributed by atoms with Gasteiger partial charge < -0.3 is 0 Å². The Balaban J connectivity index is 2.24. The van der Waals surface area contributed by atoms with E-state index in [0.717, 1.165) is 11.3 Å². The van der Waals surface area contributed by atoms with Crippen LogP contribution < -0.4 is 0 Å². The molecule has 2 aromatic carbocycles. The van der Waals surface area contributed by atoms with Gasteiger partial charge in [0.2, 0.25) is 0 Å². The van der Waals surface area contributed by atoms with Crippen LogP contribution in [0.2, 0.25) is 0 Å². The average Bonchev–Trinajstić information content (AvgIpc) is 2.29. The van der Waals surface area contributed by atoms with E-state index in [1.54, 1.807) is 12.3 Å². The summed E-state index contributed by atoms with van der Waals surface area (Å²) in [7, 11) is 0. The van der Waals surface area contributed by atoms with Crippen LogP contribution in [0.15, 0.2) is 53.5 Å². The molecule has 0 atom stereocenters. The topological polar surface area (TPSA) is 12.4 Å². The summed E-state index contributed by atoms with van der Waals surface area (Å²) in [5.74, 6) is -0.236. The van der Waals surface area contributed by atoms with Crippen LogP contribution >= 0.6 is 0 Å². The first kappa shape index (κ1) is 10.6. The summed E-state index contributed by atoms with van der Waals surface area (Å²) < 4.78 is 13.5. The summed E-state index contributed by atoms with van der Waals surface area (Å²) in [4.78, 5) is 4.20. The highest BCUT2D eigenvalue weighted by Crippen LogP contribution is 2.12. The molecule has 16 heavy (non-hydrogen) atoms. The Kier molecular flexibility index (Phi) is 3.10. The standard InChI is InChI=1S/C14H12FN/c1-11-7-8-12(14(15)9-11)10-16-13-5-3-2-4-6-13/h2-10H,1H3/b16-10+. The average molecular weight is 213 g/mol. The first-order valence-corrected chi connectivity index (χ1v) is 5.11. The molecule has 0 unspecified atom stereocenters. The lowest BCUT2D eigenvalue weighted by molar-refractivity contribution is 0.625. The van der Waals surface area contributed by atoms with Crippen molar-refractivity contribution >= 4 is 11.9 Å². The number of benzene rings is 2. The lowest BCUT2D eigenvalue weighted by Crippen LogP contribution is -1.88. The van der Waals surface area contributed by atoms with Crippen molar-refractivity contribution in [2.45, 2.75) is 6.92 Å². The molecule has 0 saturated carbocycles. The molecule has 0 aromatic heterocycles. The fourth-order valence-corrected chi connectivity index (χ4v) is 1.40. The fraction of sp³-hybridized carbons (Fsp3) is 0.0714. The maximum Gasteiger partial charge on any atom is 0.132 e. The quantitative estimate of drug-likeness (QED) is 0.671. The number of rotatable bonds is 2. The molecule has 0 bridgehead atoms. The van der Waals surface area contributed by atoms with Crippen molar-refractivity contribution in [2.75, 3.05) is 0 Å². The van der Waals surface area contributed by atoms with Gasteiger partial charge in [-0.1, -0.05) is 30.3 Å². The van der Waals surface area contributed by atoms with Crippen molar-refractivity contribution in [3.05, 3.63) is 65.5 Å². The molecule has 0 aliphatic rings. The number of hydrogen-bond acceptors (Lipinski definition) is 1. The van der Waals surface area contributed by atoms with Crippen LogP contribution in [0.5, 0.6) is 0 Å². The lowest BCUT2D eigenvalue weighted by atomic mass is 10.1. The van der Waals surface area contributed by atoms with Gasteiger partial charge >= 0.3 is 0 Å². The molecular formula is C14H12FN. The van der Waals surface area contributed by atoms with Gasteiger partial charge in [0.15, 0.2) is 0 Å². The molecule has 0 saturated heterocycles. The van der Waals surface area contributed by atoms with E-state index in [1.165, 1.54) is 6.07 Å². The molecule has 0 N–H and O–H groups in total. The van der Waals surface area contributed by atoms with Crippen LogP contribution in [-0.4, -0.2) is 6.21 Å². The Morgan fingerprint density at radius 2 is 1.81 bits per heavy atom. The highest BCUT2D eigenvalue weighted by molar-refractivity contribution is 5.82. The van der Waals surface area contributed by atoms with Gasteiger partial charge in [-0.2, -0.15) is 0 Å². The highest BCUT2D eigenvalue weighted by atomic mass is 19.1. The van der Waals surface area contributed by atoms with Crippen LogP contribution in [0.1, 0.15) is 11.1 Å². The van der Waals surface area contributed by atoms with Gasteiger partial charge in [0.1, 0.15) is 5.82 Å². The van der Waals surface area contributed by atoms with Crippen molar-refractivity contribution in [1.29, 1.82) is 0 Å². The zero-order chi connectivity index (χ0) is 11.4. The largest absolute Gasteiger partial charge is 0.256 e. The monoisotopic (exact) mass is 213 g/mol. The van der Waals surface area contributed by atoms with Crippen LogP contribution in [-0.2, 0) is 0 Å². The summed E-state index contributed by atoms with van der Waals surface area (Å²) in [6, 6.07) is 14.6. The minimum Gasteiger partial charge on any atom is -0.256 e. The summed E-state index contributed by atoms with van der Waals surface area (Å²) in [5, 5.41) is 0. The minimum absolute atomic E-state index is 0.236. The summed E-state index contributed by atoms with van der Waals surface area (Å²) >= 11 is 0. The van der Waals surface area contributed by atoms with Crippen LogP contribution in [0, 0.1) is 12.7 Å². The number of para-hydroxylation sites is 1. The zero-order valence-corrected chi connectivity index (χ0v) is 9.02. The van der Waals surface area contributed by atoms with E-state index in [-0.39, 0.29) is 5.82 Å². The third-order valence-electron chi connectivity index (χ3n) is 2.26. The molecule has 2 rings (SSSR count).